The molecule has 0 radical (unpaired) electrons. The maximum atomic E-state index is 12.7. The first-order valence-electron chi connectivity index (χ1n) is 7.84. The topological polar surface area (TPSA) is 80.5 Å². The summed E-state index contributed by atoms with van der Waals surface area (Å²) >= 11 is 1.35. The molecule has 1 aromatic carbocycles. The Hall–Kier alpha value is -2.45. The number of hydrogen-bond donors (Lipinski definition) is 0. The molecular formula is C18H18N2O4S2. The van der Waals surface area contributed by atoms with Crippen LogP contribution >= 0.6 is 11.3 Å². The fourth-order valence-corrected chi connectivity index (χ4v) is 3.85. The summed E-state index contributed by atoms with van der Waals surface area (Å²) in [6.07, 6.45) is 2.73. The number of carbonyl (C=O) groups is 1. The molecule has 8 heteroatoms. The quantitative estimate of drug-likeness (QED) is 0.664. The molecule has 26 heavy (non-hydrogen) atoms. The Morgan fingerprint density at radius 3 is 2.50 bits per heavy atom. The number of rotatable bonds is 5. The Kier molecular flexibility index (Phi) is 4.97. The lowest BCUT2D eigenvalue weighted by Crippen LogP contribution is -2.29. The van der Waals surface area contributed by atoms with E-state index in [0.717, 1.165) is 5.56 Å². The first-order chi connectivity index (χ1) is 12.3. The molecule has 1 amide bonds. The number of thiazole rings is 1. The van der Waals surface area contributed by atoms with Gasteiger partial charge in [-0.25, -0.2) is 13.4 Å². The predicted molar refractivity (Wildman–Crippen MR) is 99.9 cm³/mol. The Morgan fingerprint density at radius 2 is 1.92 bits per heavy atom. The minimum atomic E-state index is -3.24. The molecule has 0 aliphatic rings. The molecule has 3 aromatic rings. The molecule has 0 aliphatic carbocycles. The van der Waals surface area contributed by atoms with Crippen LogP contribution in [0.15, 0.2) is 57.4 Å². The fourth-order valence-electron chi connectivity index (χ4n) is 2.46. The first-order valence-corrected chi connectivity index (χ1v) is 10.6. The van der Waals surface area contributed by atoms with E-state index in [1.165, 1.54) is 17.6 Å². The summed E-state index contributed by atoms with van der Waals surface area (Å²) in [5, 5.41) is 2.35. The molecule has 136 valence electrons. The van der Waals surface area contributed by atoms with Crippen LogP contribution in [-0.4, -0.2) is 37.5 Å². The molecule has 0 fully saturated rings. The summed E-state index contributed by atoms with van der Waals surface area (Å²) in [5.41, 5.74) is 1.19. The number of hydrogen-bond acceptors (Lipinski definition) is 6. The fraction of sp³-hybridized carbons (Fsp3) is 0.222. The SMILES string of the molecule is CC(c1ccc(S(C)(=O)=O)cc1)N(C)C(=O)c1csc(-c2ccco2)n1. The van der Waals surface area contributed by atoms with Gasteiger partial charge < -0.3 is 9.32 Å². The van der Waals surface area contributed by atoms with Crippen LogP contribution in [0.5, 0.6) is 0 Å². The van der Waals surface area contributed by atoms with E-state index >= 15 is 0 Å². The number of benzene rings is 1. The lowest BCUT2D eigenvalue weighted by atomic mass is 10.1. The number of carbonyl (C=O) groups excluding carboxylic acids is 1. The van der Waals surface area contributed by atoms with Gasteiger partial charge >= 0.3 is 0 Å². The Labute approximate surface area is 156 Å². The smallest absolute Gasteiger partial charge is 0.273 e. The minimum Gasteiger partial charge on any atom is -0.462 e. The van der Waals surface area contributed by atoms with Crippen molar-refractivity contribution < 1.29 is 17.6 Å². The highest BCUT2D eigenvalue weighted by molar-refractivity contribution is 7.90. The van der Waals surface area contributed by atoms with Gasteiger partial charge in [0.1, 0.15) is 5.69 Å². The second-order valence-corrected chi connectivity index (χ2v) is 8.82. The van der Waals surface area contributed by atoms with Gasteiger partial charge in [0, 0.05) is 18.7 Å². The third-order valence-electron chi connectivity index (χ3n) is 4.15. The maximum absolute atomic E-state index is 12.7. The van der Waals surface area contributed by atoms with Crippen molar-refractivity contribution in [1.82, 2.24) is 9.88 Å². The van der Waals surface area contributed by atoms with E-state index in [1.807, 2.05) is 6.92 Å². The average Bonchev–Trinajstić information content (AvgIpc) is 3.30. The molecule has 1 atom stereocenters. The lowest BCUT2D eigenvalue weighted by molar-refractivity contribution is 0.0737. The van der Waals surface area contributed by atoms with Crippen LogP contribution in [0.3, 0.4) is 0 Å². The Bertz CT molecular complexity index is 1010. The van der Waals surface area contributed by atoms with Crippen molar-refractivity contribution in [2.45, 2.75) is 17.9 Å². The van der Waals surface area contributed by atoms with Gasteiger partial charge in [0.15, 0.2) is 20.6 Å². The molecule has 0 saturated carbocycles. The third-order valence-corrected chi connectivity index (χ3v) is 6.13. The van der Waals surface area contributed by atoms with E-state index in [4.69, 9.17) is 4.42 Å². The van der Waals surface area contributed by atoms with E-state index in [9.17, 15) is 13.2 Å². The van der Waals surface area contributed by atoms with E-state index < -0.39 is 9.84 Å². The lowest BCUT2D eigenvalue weighted by Gasteiger charge is -2.24. The van der Waals surface area contributed by atoms with Crippen molar-refractivity contribution in [3.63, 3.8) is 0 Å². The largest absolute Gasteiger partial charge is 0.462 e. The van der Waals surface area contributed by atoms with Crippen LogP contribution < -0.4 is 0 Å². The molecular weight excluding hydrogens is 372 g/mol. The van der Waals surface area contributed by atoms with Gasteiger partial charge in [-0.2, -0.15) is 0 Å². The minimum absolute atomic E-state index is 0.209. The second-order valence-electron chi connectivity index (χ2n) is 5.95. The van der Waals surface area contributed by atoms with Gasteiger partial charge in [-0.3, -0.25) is 4.79 Å². The molecule has 0 N–H and O–H groups in total. The monoisotopic (exact) mass is 390 g/mol. The highest BCUT2D eigenvalue weighted by atomic mass is 32.2. The van der Waals surface area contributed by atoms with E-state index in [0.29, 0.717) is 16.5 Å². The van der Waals surface area contributed by atoms with Crippen LogP contribution in [-0.2, 0) is 9.84 Å². The summed E-state index contributed by atoms with van der Waals surface area (Å²) in [5.74, 6) is 0.417. The highest BCUT2D eigenvalue weighted by Gasteiger charge is 2.22. The molecule has 3 rings (SSSR count). The molecule has 6 nitrogen and oxygen atoms in total. The summed E-state index contributed by atoms with van der Waals surface area (Å²) < 4.78 is 28.4. The van der Waals surface area contributed by atoms with Crippen LogP contribution in [0.2, 0.25) is 0 Å². The maximum Gasteiger partial charge on any atom is 0.273 e. The van der Waals surface area contributed by atoms with Gasteiger partial charge in [-0.1, -0.05) is 12.1 Å². The van der Waals surface area contributed by atoms with Crippen molar-refractivity contribution in [2.75, 3.05) is 13.3 Å². The molecule has 0 bridgehead atoms. The number of sulfone groups is 1. The second kappa shape index (κ2) is 7.05. The van der Waals surface area contributed by atoms with Gasteiger partial charge in [-0.15, -0.1) is 11.3 Å². The molecule has 0 aliphatic heterocycles. The van der Waals surface area contributed by atoms with Gasteiger partial charge in [0.2, 0.25) is 0 Å². The summed E-state index contributed by atoms with van der Waals surface area (Å²) in [4.78, 5) is 18.9. The summed E-state index contributed by atoms with van der Waals surface area (Å²) in [6.45, 7) is 1.88. The van der Waals surface area contributed by atoms with Crippen molar-refractivity contribution in [3.8, 4) is 10.8 Å². The molecule has 0 saturated heterocycles. The van der Waals surface area contributed by atoms with Gasteiger partial charge in [0.05, 0.1) is 17.2 Å². The summed E-state index contributed by atoms with van der Waals surface area (Å²) in [7, 11) is -1.54. The van der Waals surface area contributed by atoms with Crippen LogP contribution in [0.1, 0.15) is 29.0 Å². The standard InChI is InChI=1S/C18H18N2O4S2/c1-12(13-6-8-14(9-7-13)26(3,22)23)20(2)18(21)15-11-25-17(19-15)16-5-4-10-24-16/h4-12H,1-3H3. The van der Waals surface area contributed by atoms with Gasteiger partial charge in [0.25, 0.3) is 5.91 Å². The Morgan fingerprint density at radius 1 is 1.23 bits per heavy atom. The van der Waals surface area contributed by atoms with Crippen LogP contribution in [0.25, 0.3) is 10.8 Å². The predicted octanol–water partition coefficient (Wildman–Crippen LogP) is 3.64. The zero-order chi connectivity index (χ0) is 18.9. The Balaban J connectivity index is 1.77. The number of nitrogens with zero attached hydrogens (tertiary/aromatic N) is 2. The van der Waals surface area contributed by atoms with E-state index in [-0.39, 0.29) is 16.8 Å². The zero-order valence-electron chi connectivity index (χ0n) is 14.5. The third kappa shape index (κ3) is 3.71. The van der Waals surface area contributed by atoms with Crippen molar-refractivity contribution >= 4 is 27.1 Å². The van der Waals surface area contributed by atoms with E-state index in [2.05, 4.69) is 4.98 Å². The number of aromatic nitrogens is 1. The molecule has 1 unspecified atom stereocenters. The van der Waals surface area contributed by atoms with Gasteiger partial charge in [-0.05, 0) is 36.8 Å². The number of furan rings is 1. The first kappa shape index (κ1) is 18.3. The van der Waals surface area contributed by atoms with Crippen molar-refractivity contribution in [1.29, 1.82) is 0 Å². The summed E-state index contributed by atoms with van der Waals surface area (Å²) in [6, 6.07) is 9.88. The molecule has 0 spiro atoms. The van der Waals surface area contributed by atoms with Crippen molar-refractivity contribution in [2.24, 2.45) is 0 Å². The van der Waals surface area contributed by atoms with Crippen LogP contribution in [0, 0.1) is 0 Å². The normalized spacial score (nSPS) is 12.7. The molecule has 2 heterocycles. The zero-order valence-corrected chi connectivity index (χ0v) is 16.2. The molecule has 2 aromatic heterocycles. The van der Waals surface area contributed by atoms with Crippen LogP contribution in [0.4, 0.5) is 0 Å². The van der Waals surface area contributed by atoms with Crippen molar-refractivity contribution in [3.05, 3.63) is 59.3 Å². The van der Waals surface area contributed by atoms with E-state index in [1.54, 1.807) is 60.0 Å². The highest BCUT2D eigenvalue weighted by Crippen LogP contribution is 2.26. The number of amides is 1. The average molecular weight is 390 g/mol.